The van der Waals surface area contributed by atoms with Gasteiger partial charge in [0, 0.05) is 5.56 Å². The van der Waals surface area contributed by atoms with Gasteiger partial charge in [0.05, 0.1) is 24.1 Å². The van der Waals surface area contributed by atoms with E-state index in [-0.39, 0.29) is 68.5 Å². The zero-order valence-corrected chi connectivity index (χ0v) is 19.5. The maximum absolute atomic E-state index is 14.4. The van der Waals surface area contributed by atoms with Crippen molar-refractivity contribution < 1.29 is 88.1 Å². The molecule has 0 bridgehead atoms. The van der Waals surface area contributed by atoms with E-state index < -0.39 is 36.5 Å². The Balaban J connectivity index is 0.00000341. The van der Waals surface area contributed by atoms with Crippen LogP contribution < -0.4 is 67.1 Å². The number of carbonyl (C=O) groups is 2. The number of rotatable bonds is 5. The van der Waals surface area contributed by atoms with Crippen LogP contribution in [0.4, 0.5) is 28.0 Å². The number of alkyl halides is 3. The summed E-state index contributed by atoms with van der Waals surface area (Å²) in [6, 6.07) is 5.19. The fourth-order valence-electron chi connectivity index (χ4n) is 2.65. The van der Waals surface area contributed by atoms with E-state index in [0.717, 1.165) is 17.7 Å². The molecule has 2 N–H and O–H groups in total. The second-order valence-corrected chi connectivity index (χ2v) is 6.47. The van der Waals surface area contributed by atoms with Crippen molar-refractivity contribution >= 4 is 28.8 Å². The average Bonchev–Trinajstić information content (AvgIpc) is 3.04. The summed E-state index contributed by atoms with van der Waals surface area (Å²) in [6.07, 6.45) is -6.68. The zero-order valence-electron chi connectivity index (χ0n) is 16.3. The van der Waals surface area contributed by atoms with Crippen LogP contribution in [0.1, 0.15) is 12.0 Å². The predicted molar refractivity (Wildman–Crippen MR) is 95.8 cm³/mol. The number of hydrogen-bond donors (Lipinski definition) is 2. The number of nitrogens with one attached hydrogen (secondary N) is 2. The first-order valence-electron chi connectivity index (χ1n) is 8.54. The Morgan fingerprint density at radius 2 is 1.90 bits per heavy atom. The average molecular weight is 463 g/mol. The SMILES string of the molecule is Cc1ccc2oc(-c3ccc(NC(=O)NC(CC(F)(F)F)C(=O)[O-])c(F)c3)nc2c1.[K+]. The van der Waals surface area contributed by atoms with Crippen molar-refractivity contribution in [1.82, 2.24) is 10.3 Å². The molecule has 7 nitrogen and oxygen atoms in total. The molecule has 0 radical (unpaired) electrons. The van der Waals surface area contributed by atoms with Gasteiger partial charge in [-0.25, -0.2) is 14.2 Å². The van der Waals surface area contributed by atoms with Crippen LogP contribution in [0.2, 0.25) is 0 Å². The summed E-state index contributed by atoms with van der Waals surface area (Å²) < 4.78 is 57.0. The van der Waals surface area contributed by atoms with E-state index in [0.29, 0.717) is 11.1 Å². The van der Waals surface area contributed by atoms with Gasteiger partial charge in [-0.15, -0.1) is 0 Å². The van der Waals surface area contributed by atoms with Crippen LogP contribution in [0.5, 0.6) is 0 Å². The fourth-order valence-corrected chi connectivity index (χ4v) is 2.65. The number of carbonyl (C=O) groups excluding carboxylic acids is 2. The predicted octanol–water partition coefficient (Wildman–Crippen LogP) is 0.139. The number of oxazole rings is 1. The Bertz CT molecular complexity index is 1120. The number of aliphatic carboxylic acids is 1. The quantitative estimate of drug-likeness (QED) is 0.414. The van der Waals surface area contributed by atoms with Gasteiger partial charge in [-0.05, 0) is 42.8 Å². The molecule has 0 aliphatic carbocycles. The minimum absolute atomic E-state index is 0. The molecule has 3 rings (SSSR count). The molecule has 1 atom stereocenters. The second-order valence-electron chi connectivity index (χ2n) is 6.47. The molecule has 2 aromatic carbocycles. The van der Waals surface area contributed by atoms with Crippen LogP contribution in [0, 0.1) is 12.7 Å². The second kappa shape index (κ2) is 10.1. The largest absolute Gasteiger partial charge is 1.00 e. The van der Waals surface area contributed by atoms with Gasteiger partial charge < -0.3 is 25.0 Å². The Morgan fingerprint density at radius 1 is 1.19 bits per heavy atom. The van der Waals surface area contributed by atoms with E-state index in [1.54, 1.807) is 17.4 Å². The summed E-state index contributed by atoms with van der Waals surface area (Å²) in [5.74, 6) is -2.92. The molecule has 3 aromatic rings. The van der Waals surface area contributed by atoms with Gasteiger partial charge in [0.1, 0.15) is 11.3 Å². The summed E-state index contributed by atoms with van der Waals surface area (Å²) in [5, 5.41) is 14.3. The molecule has 0 fully saturated rings. The van der Waals surface area contributed by atoms with E-state index in [2.05, 4.69) is 4.98 Å². The number of carboxylic acids is 1. The van der Waals surface area contributed by atoms with E-state index in [1.165, 1.54) is 6.07 Å². The monoisotopic (exact) mass is 463 g/mol. The van der Waals surface area contributed by atoms with Crippen LogP contribution >= 0.6 is 0 Å². The Labute approximate surface area is 215 Å². The van der Waals surface area contributed by atoms with Crippen LogP contribution in [-0.4, -0.2) is 29.2 Å². The molecule has 2 amide bonds. The molecule has 31 heavy (non-hydrogen) atoms. The maximum Gasteiger partial charge on any atom is 1.00 e. The van der Waals surface area contributed by atoms with Gasteiger partial charge in [0.15, 0.2) is 5.58 Å². The van der Waals surface area contributed by atoms with Crippen molar-refractivity contribution in [3.8, 4) is 11.5 Å². The molecule has 12 heteroatoms. The molecule has 0 aliphatic rings. The Kier molecular flexibility index (Phi) is 8.22. The fraction of sp³-hybridized carbons (Fsp3) is 0.211. The molecule has 0 spiro atoms. The molecular formula is C19H14F4KN3O4. The third-order valence-electron chi connectivity index (χ3n) is 4.03. The maximum atomic E-state index is 14.4. The molecule has 1 aromatic heterocycles. The summed E-state index contributed by atoms with van der Waals surface area (Å²) >= 11 is 0. The minimum Gasteiger partial charge on any atom is -0.548 e. The number of aromatic nitrogens is 1. The van der Waals surface area contributed by atoms with E-state index in [4.69, 9.17) is 4.42 Å². The smallest absolute Gasteiger partial charge is 0.548 e. The van der Waals surface area contributed by atoms with Gasteiger partial charge in [-0.3, -0.25) is 0 Å². The molecule has 1 unspecified atom stereocenters. The summed E-state index contributed by atoms with van der Waals surface area (Å²) in [4.78, 5) is 26.8. The van der Waals surface area contributed by atoms with Crippen LogP contribution in [0.15, 0.2) is 40.8 Å². The first-order valence-corrected chi connectivity index (χ1v) is 8.54. The number of urea groups is 1. The summed E-state index contributed by atoms with van der Waals surface area (Å²) in [6.45, 7) is 1.87. The van der Waals surface area contributed by atoms with Gasteiger partial charge in [0.25, 0.3) is 0 Å². The molecule has 1 heterocycles. The van der Waals surface area contributed by atoms with E-state index in [1.807, 2.05) is 18.3 Å². The van der Waals surface area contributed by atoms with Gasteiger partial charge in [0.2, 0.25) is 5.89 Å². The number of anilines is 1. The van der Waals surface area contributed by atoms with Crippen LogP contribution in [0.25, 0.3) is 22.6 Å². The van der Waals surface area contributed by atoms with Crippen LogP contribution in [0.3, 0.4) is 0 Å². The number of nitrogens with zero attached hydrogens (tertiary/aromatic N) is 1. The van der Waals surface area contributed by atoms with Crippen LogP contribution in [-0.2, 0) is 4.79 Å². The van der Waals surface area contributed by atoms with Crippen molar-refractivity contribution in [2.24, 2.45) is 0 Å². The number of fused-ring (bicyclic) bond motifs is 1. The number of benzene rings is 2. The zero-order chi connectivity index (χ0) is 22.1. The number of halogens is 4. The van der Waals surface area contributed by atoms with E-state index in [9.17, 15) is 32.3 Å². The Hall–Kier alpha value is -1.99. The van der Waals surface area contributed by atoms with Gasteiger partial charge in [-0.2, -0.15) is 13.2 Å². The number of amides is 2. The van der Waals surface area contributed by atoms with Crippen molar-refractivity contribution in [2.45, 2.75) is 25.6 Å². The van der Waals surface area contributed by atoms with Gasteiger partial charge >= 0.3 is 63.6 Å². The number of carboxylic acid groups (broad SMARTS) is 1. The van der Waals surface area contributed by atoms with Crippen molar-refractivity contribution in [3.05, 3.63) is 47.8 Å². The molecule has 158 valence electrons. The molecule has 0 saturated heterocycles. The normalized spacial score (nSPS) is 12.2. The minimum atomic E-state index is -4.84. The molecule has 0 aliphatic heterocycles. The number of hydrogen-bond acceptors (Lipinski definition) is 5. The van der Waals surface area contributed by atoms with Crippen molar-refractivity contribution in [1.29, 1.82) is 0 Å². The summed E-state index contributed by atoms with van der Waals surface area (Å²) in [5.41, 5.74) is 1.91. The standard InChI is InChI=1S/C19H15F4N3O4.K/c1-9-2-5-15-13(6-9)24-16(30-15)10-3-4-12(11(20)7-10)25-18(29)26-14(17(27)28)8-19(21,22)23;/h2-7,14H,8H2,1H3,(H,27,28)(H2,25,26,29);/q;+1/p-1. The third kappa shape index (κ3) is 6.74. The third-order valence-corrected chi connectivity index (χ3v) is 4.03. The number of aryl methyl sites for hydroxylation is 1. The van der Waals surface area contributed by atoms with Gasteiger partial charge in [-0.1, -0.05) is 6.07 Å². The van der Waals surface area contributed by atoms with Crippen molar-refractivity contribution in [2.75, 3.05) is 5.32 Å². The first kappa shape index (κ1) is 25.3. The summed E-state index contributed by atoms with van der Waals surface area (Å²) in [7, 11) is 0. The Morgan fingerprint density at radius 3 is 2.52 bits per heavy atom. The molecular weight excluding hydrogens is 449 g/mol. The van der Waals surface area contributed by atoms with Crippen molar-refractivity contribution in [3.63, 3.8) is 0 Å². The topological polar surface area (TPSA) is 107 Å². The molecule has 0 saturated carbocycles. The van der Waals surface area contributed by atoms with E-state index >= 15 is 0 Å². The first-order chi connectivity index (χ1) is 14.0.